The second kappa shape index (κ2) is 34.2. The summed E-state index contributed by atoms with van der Waals surface area (Å²) < 4.78 is 0. The molecule has 456 valence electrons. The molecule has 1 unspecified atom stereocenters. The van der Waals surface area contributed by atoms with Crippen LogP contribution in [0.3, 0.4) is 0 Å². The third-order valence-corrected chi connectivity index (χ3v) is 14.2. The van der Waals surface area contributed by atoms with Crippen molar-refractivity contribution in [2.45, 2.75) is 166 Å². The Balaban J connectivity index is 1.84. The summed E-state index contributed by atoms with van der Waals surface area (Å²) in [6.45, 7) is 7.56. The van der Waals surface area contributed by atoms with Crippen LogP contribution in [-0.4, -0.2) is 183 Å². The van der Waals surface area contributed by atoms with Crippen molar-refractivity contribution in [3.05, 3.63) is 36.0 Å². The number of nitrogens with two attached hydrogens (primary N) is 4. The fourth-order valence-corrected chi connectivity index (χ4v) is 9.55. The quantitative estimate of drug-likeness (QED) is 0.0298. The average molecular weight is 1170 g/mol. The highest BCUT2D eigenvalue weighted by Crippen LogP contribution is 2.22. The van der Waals surface area contributed by atoms with Crippen LogP contribution in [0.2, 0.25) is 0 Å². The van der Waals surface area contributed by atoms with Gasteiger partial charge in [-0.05, 0) is 100 Å². The molecule has 0 radical (unpaired) electrons. The van der Waals surface area contributed by atoms with Gasteiger partial charge in [0.15, 0.2) is 0 Å². The fraction of sp³-hybridized carbons (Fsp3) is 0.623. The van der Waals surface area contributed by atoms with Crippen LogP contribution in [-0.2, 0) is 64.0 Å². The molecule has 1 fully saturated rings. The Bertz CT molecular complexity index is 2560. The number of rotatable bonds is 36. The zero-order chi connectivity index (χ0) is 61.4. The minimum atomic E-state index is -1.58. The van der Waals surface area contributed by atoms with Gasteiger partial charge in [0.1, 0.15) is 48.3 Å². The van der Waals surface area contributed by atoms with Crippen molar-refractivity contribution in [2.24, 2.45) is 34.8 Å². The van der Waals surface area contributed by atoms with Gasteiger partial charge in [-0.15, -0.1) is 0 Å². The number of nitrogens with one attached hydrogen (secondary N) is 9. The number of aromatic nitrogens is 1. The number of hydrogen-bond acceptors (Lipinski definition) is 16. The highest BCUT2D eigenvalue weighted by Gasteiger charge is 2.41. The molecule has 3 rings (SSSR count). The van der Waals surface area contributed by atoms with Crippen LogP contribution in [0.25, 0.3) is 10.9 Å². The molecule has 1 aromatic carbocycles. The number of aliphatic hydroxyl groups excluding tert-OH is 1. The van der Waals surface area contributed by atoms with Crippen molar-refractivity contribution in [2.75, 3.05) is 31.6 Å². The molecule has 2 aromatic rings. The summed E-state index contributed by atoms with van der Waals surface area (Å²) >= 11 is 1.37. The summed E-state index contributed by atoms with van der Waals surface area (Å²) in [5, 5.41) is 41.4. The molecule has 29 heteroatoms. The van der Waals surface area contributed by atoms with Gasteiger partial charge in [-0.1, -0.05) is 45.9 Å². The van der Waals surface area contributed by atoms with Gasteiger partial charge in [0.25, 0.3) is 0 Å². The lowest BCUT2D eigenvalue weighted by Gasteiger charge is -2.31. The van der Waals surface area contributed by atoms with Gasteiger partial charge in [-0.25, -0.2) is 4.79 Å². The molecule has 0 saturated carbocycles. The SMILES string of the molecule is CSCC[C@H](NC(=O)[C@@H](N)CC(N)=O)C(=O)N[C@@H](Cc1c[nH]c2ccccc12)C(=O)N[C@@H](CCC(N)=O)C(=O)N[C@@H](CCCCN)C(=O)N[C@H](C(=O)NCC(=O)N[C@H](C(=O)N1CCC[C@H]1C(=O)N[C@@H](CC(C)C)C(=O)O)C(C)O)C(C)C. The second-order valence-electron chi connectivity index (χ2n) is 21.1. The standard InChI is InChI=1S/C53H84N14O14S/c1-27(2)22-38(53(80)81)64-50(77)39-15-11-20-67(39)52(79)44(29(5)68)65-42(71)26-59-51(78)43(28(3)4)66-48(75)34(14-9-10-19-54)61-46(73)35(16-17-40(56)69)62-49(76)37(23-30-25-58-33-13-8-7-12-31(30)33)63-47(74)36(18-21-82-6)60-45(72)32(55)24-41(57)70/h7-8,12-13,25,27-29,32,34-39,43-44,58,68H,9-11,14-24,26,54-55H2,1-6H3,(H2,56,69)(H2,57,70)(H,59,78)(H,60,72)(H,61,73)(H,62,76)(H,63,74)(H,64,77)(H,65,71)(H,66,75)(H,80,81)/t29?,32-,34-,35-,36-,37-,38-,39-,43-,44-/m0/s1. The summed E-state index contributed by atoms with van der Waals surface area (Å²) in [4.78, 5) is 164. The predicted molar refractivity (Wildman–Crippen MR) is 303 cm³/mol. The Kier molecular flexibility index (Phi) is 28.7. The number of carbonyl (C=O) groups is 12. The fourth-order valence-electron chi connectivity index (χ4n) is 9.08. The van der Waals surface area contributed by atoms with E-state index in [2.05, 4.69) is 47.5 Å². The van der Waals surface area contributed by atoms with Crippen LogP contribution in [0.15, 0.2) is 30.5 Å². The first-order valence-electron chi connectivity index (χ1n) is 27.4. The molecule has 0 spiro atoms. The van der Waals surface area contributed by atoms with Crippen molar-refractivity contribution in [1.82, 2.24) is 52.4 Å². The Morgan fingerprint density at radius 1 is 0.720 bits per heavy atom. The number of nitrogens with zero attached hydrogens (tertiary/aromatic N) is 1. The Morgan fingerprint density at radius 3 is 1.90 bits per heavy atom. The largest absolute Gasteiger partial charge is 0.480 e. The van der Waals surface area contributed by atoms with Crippen LogP contribution in [0.1, 0.15) is 104 Å². The van der Waals surface area contributed by atoms with E-state index < -0.39 is 157 Å². The third-order valence-electron chi connectivity index (χ3n) is 13.5. The lowest BCUT2D eigenvalue weighted by atomic mass is 10.0. The molecule has 1 aliphatic rings. The van der Waals surface area contributed by atoms with Crippen LogP contribution in [0.5, 0.6) is 0 Å². The number of thioether (sulfide) groups is 1. The molecule has 1 saturated heterocycles. The molecule has 10 atom stereocenters. The number of carbonyl (C=O) groups excluding carboxylic acids is 11. The van der Waals surface area contributed by atoms with E-state index in [4.69, 9.17) is 22.9 Å². The summed E-state index contributed by atoms with van der Waals surface area (Å²) in [6.07, 6.45) is 1.93. The monoisotopic (exact) mass is 1170 g/mol. The first-order chi connectivity index (χ1) is 38.7. The number of aliphatic hydroxyl groups is 1. The average Bonchev–Trinajstić information content (AvgIpc) is 4.23. The summed E-state index contributed by atoms with van der Waals surface area (Å²) in [6, 6.07) is -5.06. The number of hydrogen-bond donors (Lipinski definition) is 15. The van der Waals surface area contributed by atoms with Gasteiger partial charge < -0.3 is 85.6 Å². The van der Waals surface area contributed by atoms with Crippen LogP contribution < -0.4 is 65.5 Å². The van der Waals surface area contributed by atoms with E-state index in [1.165, 1.54) is 18.7 Å². The van der Waals surface area contributed by atoms with Crippen molar-refractivity contribution in [3.8, 4) is 0 Å². The van der Waals surface area contributed by atoms with Gasteiger partial charge in [0.2, 0.25) is 65.0 Å². The molecule has 11 amide bonds. The molecule has 2 heterocycles. The maximum atomic E-state index is 14.5. The number of primary amides is 2. The topological polar surface area (TPSA) is 465 Å². The second-order valence-corrected chi connectivity index (χ2v) is 22.1. The molecular weight excluding hydrogens is 1090 g/mol. The van der Waals surface area contributed by atoms with Crippen molar-refractivity contribution >= 4 is 93.6 Å². The van der Waals surface area contributed by atoms with E-state index in [1.807, 2.05) is 0 Å². The minimum absolute atomic E-state index is 0.0298. The minimum Gasteiger partial charge on any atom is -0.480 e. The van der Waals surface area contributed by atoms with Gasteiger partial charge in [0, 0.05) is 36.5 Å². The molecule has 28 nitrogen and oxygen atoms in total. The number of fused-ring (bicyclic) bond motifs is 1. The van der Waals surface area contributed by atoms with E-state index in [0.29, 0.717) is 41.5 Å². The third kappa shape index (κ3) is 22.2. The zero-order valence-electron chi connectivity index (χ0n) is 47.4. The van der Waals surface area contributed by atoms with E-state index in [1.54, 1.807) is 64.4 Å². The Labute approximate surface area is 480 Å². The van der Waals surface area contributed by atoms with E-state index in [-0.39, 0.29) is 57.5 Å². The molecular formula is C53H84N14O14S. The van der Waals surface area contributed by atoms with Crippen molar-refractivity contribution in [1.29, 1.82) is 0 Å². The lowest BCUT2D eigenvalue weighted by Crippen LogP contribution is -2.60. The molecule has 82 heavy (non-hydrogen) atoms. The van der Waals surface area contributed by atoms with Crippen molar-refractivity contribution < 1.29 is 67.7 Å². The number of amides is 11. The number of carboxylic acid groups (broad SMARTS) is 1. The number of unbranched alkanes of at least 4 members (excludes halogenated alkanes) is 1. The van der Waals surface area contributed by atoms with E-state index >= 15 is 0 Å². The number of likely N-dealkylation sites (tertiary alicyclic amines) is 1. The first kappa shape index (κ1) is 68.9. The number of aliphatic carboxylic acids is 1. The lowest BCUT2D eigenvalue weighted by molar-refractivity contribution is -0.146. The molecule has 1 aliphatic heterocycles. The summed E-state index contributed by atoms with van der Waals surface area (Å²) in [5.74, 6) is -10.9. The van der Waals surface area contributed by atoms with Crippen LogP contribution in [0.4, 0.5) is 0 Å². The number of para-hydroxylation sites is 1. The van der Waals surface area contributed by atoms with E-state index in [9.17, 15) is 67.7 Å². The van der Waals surface area contributed by atoms with Crippen LogP contribution >= 0.6 is 11.8 Å². The highest BCUT2D eigenvalue weighted by molar-refractivity contribution is 7.98. The zero-order valence-corrected chi connectivity index (χ0v) is 48.2. The predicted octanol–water partition coefficient (Wildman–Crippen LogP) is -3.27. The Hall–Kier alpha value is -7.37. The Morgan fingerprint density at radius 2 is 1.32 bits per heavy atom. The van der Waals surface area contributed by atoms with Gasteiger partial charge in [-0.2, -0.15) is 11.8 Å². The van der Waals surface area contributed by atoms with E-state index in [0.717, 1.165) is 4.90 Å². The number of aromatic amines is 1. The summed E-state index contributed by atoms with van der Waals surface area (Å²) in [5.41, 5.74) is 23.6. The van der Waals surface area contributed by atoms with Gasteiger partial charge in [-0.3, -0.25) is 52.7 Å². The van der Waals surface area contributed by atoms with Gasteiger partial charge >= 0.3 is 5.97 Å². The van der Waals surface area contributed by atoms with Crippen LogP contribution in [0, 0.1) is 11.8 Å². The number of carboxylic acids is 1. The first-order valence-corrected chi connectivity index (χ1v) is 28.7. The molecule has 1 aromatic heterocycles. The molecule has 19 N–H and O–H groups in total. The maximum absolute atomic E-state index is 14.5. The molecule has 0 aliphatic carbocycles. The highest BCUT2D eigenvalue weighted by atomic mass is 32.2. The van der Waals surface area contributed by atoms with Gasteiger partial charge in [0.05, 0.1) is 25.1 Å². The maximum Gasteiger partial charge on any atom is 0.326 e. The number of H-pyrrole nitrogens is 1. The summed E-state index contributed by atoms with van der Waals surface area (Å²) in [7, 11) is 0. The number of benzene rings is 1. The normalized spacial score (nSPS) is 16.5. The smallest absolute Gasteiger partial charge is 0.326 e. The van der Waals surface area contributed by atoms with Crippen molar-refractivity contribution in [3.63, 3.8) is 0 Å². The molecule has 0 bridgehead atoms.